The van der Waals surface area contributed by atoms with Gasteiger partial charge in [-0.15, -0.1) is 0 Å². The molecule has 0 amide bonds. The van der Waals surface area contributed by atoms with Crippen LogP contribution in [0.2, 0.25) is 0 Å². The number of benzene rings is 6. The summed E-state index contributed by atoms with van der Waals surface area (Å²) < 4.78 is 0. The van der Waals surface area contributed by atoms with Crippen LogP contribution in [0.4, 0.5) is 0 Å². The van der Waals surface area contributed by atoms with Gasteiger partial charge in [-0.25, -0.2) is 0 Å². The first kappa shape index (κ1) is 54.7. The summed E-state index contributed by atoms with van der Waals surface area (Å²) >= 11 is 1.76. The fraction of sp³-hybridized carbons (Fsp3) is 0.182. The van der Waals surface area contributed by atoms with Crippen molar-refractivity contribution in [2.24, 2.45) is 0 Å². The van der Waals surface area contributed by atoms with E-state index >= 15 is 0 Å². The lowest BCUT2D eigenvalue weighted by Crippen LogP contribution is -1.99. The summed E-state index contributed by atoms with van der Waals surface area (Å²) in [7, 11) is 0. The lowest BCUT2D eigenvalue weighted by molar-refractivity contribution is 0.886. The molecular formula is C66H74S. The minimum atomic E-state index is 1.03. The van der Waals surface area contributed by atoms with E-state index in [1.165, 1.54) is 103 Å². The van der Waals surface area contributed by atoms with Crippen molar-refractivity contribution in [3.05, 3.63) is 259 Å². The van der Waals surface area contributed by atoms with E-state index in [0.29, 0.717) is 0 Å². The van der Waals surface area contributed by atoms with Crippen molar-refractivity contribution < 1.29 is 0 Å². The zero-order chi connectivity index (χ0) is 48.7. The first-order valence-corrected chi connectivity index (χ1v) is 24.7. The lowest BCUT2D eigenvalue weighted by atomic mass is 9.84. The van der Waals surface area contributed by atoms with Crippen LogP contribution in [-0.4, -0.2) is 0 Å². The Labute approximate surface area is 411 Å². The number of rotatable bonds is 11. The van der Waals surface area contributed by atoms with Gasteiger partial charge >= 0.3 is 0 Å². The van der Waals surface area contributed by atoms with Crippen LogP contribution in [0.5, 0.6) is 0 Å². The summed E-state index contributed by atoms with van der Waals surface area (Å²) in [5, 5.41) is 2.16. The molecule has 0 radical (unpaired) electrons. The second kappa shape index (κ2) is 32.1. The largest absolute Gasteiger partial charge is 0.0991 e. The zero-order valence-corrected chi connectivity index (χ0v) is 42.5. The molecule has 0 bridgehead atoms. The fourth-order valence-corrected chi connectivity index (χ4v) is 7.65. The normalized spacial score (nSPS) is 12.5. The second-order valence-electron chi connectivity index (χ2n) is 16.0. The van der Waals surface area contributed by atoms with Crippen LogP contribution in [0.25, 0.3) is 56.2 Å². The topological polar surface area (TPSA) is 0 Å². The van der Waals surface area contributed by atoms with E-state index in [-0.39, 0.29) is 0 Å². The third kappa shape index (κ3) is 18.3. The number of aryl methyl sites for hydroxylation is 2. The van der Waals surface area contributed by atoms with E-state index in [9.17, 15) is 0 Å². The SMILES string of the molecule is C=C/C=C\C=C/C.C=C/C=C\C=C/c1ccccc1-c1cccc(-c2cccc(-c3cc4c(c(-c5ccccc5C)c3C)C(=C)/C=C\C=C/S4)c2)c1.CCCC.CCCC.Cc1ccccc1. The maximum absolute atomic E-state index is 4.49. The molecule has 7 rings (SSSR count). The highest BCUT2D eigenvalue weighted by molar-refractivity contribution is 8.02. The Morgan fingerprint density at radius 1 is 0.493 bits per heavy atom. The highest BCUT2D eigenvalue weighted by Crippen LogP contribution is 2.45. The first-order chi connectivity index (χ1) is 32.7. The molecule has 1 aliphatic heterocycles. The average molecular weight is 899 g/mol. The van der Waals surface area contributed by atoms with Gasteiger partial charge in [0, 0.05) is 10.5 Å². The molecule has 0 spiro atoms. The average Bonchev–Trinajstić information content (AvgIpc) is 3.36. The molecule has 0 saturated heterocycles. The Balaban J connectivity index is 0.000000446. The molecule has 6 aromatic carbocycles. The van der Waals surface area contributed by atoms with E-state index in [1.807, 2.05) is 61.6 Å². The molecule has 0 aromatic heterocycles. The van der Waals surface area contributed by atoms with Gasteiger partial charge in [-0.3, -0.25) is 0 Å². The zero-order valence-electron chi connectivity index (χ0n) is 41.6. The third-order valence-corrected chi connectivity index (χ3v) is 11.6. The van der Waals surface area contributed by atoms with E-state index in [4.69, 9.17) is 0 Å². The molecule has 344 valence electrons. The summed E-state index contributed by atoms with van der Waals surface area (Å²) in [5.41, 5.74) is 17.0. The molecule has 0 atom stereocenters. The summed E-state index contributed by atoms with van der Waals surface area (Å²) in [5.74, 6) is 0. The van der Waals surface area contributed by atoms with E-state index < -0.39 is 0 Å². The Kier molecular flexibility index (Phi) is 26.2. The van der Waals surface area contributed by atoms with Crippen molar-refractivity contribution >= 4 is 23.4 Å². The van der Waals surface area contributed by atoms with Crippen molar-refractivity contribution in [1.82, 2.24) is 0 Å². The first-order valence-electron chi connectivity index (χ1n) is 23.8. The Morgan fingerprint density at radius 2 is 1.03 bits per heavy atom. The molecule has 0 saturated carbocycles. The second-order valence-corrected chi connectivity index (χ2v) is 16.9. The van der Waals surface area contributed by atoms with Gasteiger partial charge < -0.3 is 0 Å². The Hall–Kier alpha value is -6.67. The van der Waals surface area contributed by atoms with Gasteiger partial charge in [-0.2, -0.15) is 0 Å². The van der Waals surface area contributed by atoms with Gasteiger partial charge in [0.15, 0.2) is 0 Å². The number of allylic oxidation sites excluding steroid dienone is 13. The number of unbranched alkanes of at least 4 members (excludes halogenated alkanes) is 2. The van der Waals surface area contributed by atoms with Crippen LogP contribution in [-0.2, 0) is 0 Å². The molecule has 0 N–H and O–H groups in total. The Morgan fingerprint density at radius 3 is 1.58 bits per heavy atom. The highest BCUT2D eigenvalue weighted by atomic mass is 32.2. The fourth-order valence-electron chi connectivity index (χ4n) is 6.80. The molecule has 0 fully saturated rings. The van der Waals surface area contributed by atoms with Crippen LogP contribution in [0, 0.1) is 20.8 Å². The van der Waals surface area contributed by atoms with Crippen LogP contribution < -0.4 is 0 Å². The molecule has 1 heterocycles. The minimum Gasteiger partial charge on any atom is -0.0991 e. The van der Waals surface area contributed by atoms with Crippen LogP contribution >= 0.6 is 11.8 Å². The monoisotopic (exact) mass is 899 g/mol. The molecule has 6 aromatic rings. The lowest BCUT2D eigenvalue weighted by Gasteiger charge is -2.23. The standard InChI is InChI=1S/C44H36S.C7H8.C7H10.2C4H10/c1-5-6-7-8-19-34-20-10-12-26-40(34)37-23-15-21-35(28-37)36-22-16-24-38(29-36)41-30-42-43(32(3)18-13-14-27-45-42)44(33(41)4)39-25-11-9-17-31(39)2;1-7-5-3-2-4-6-7;1-3-5-7-6-4-2;2*1-3-4-2/h5-30H,1,3H2,2,4H3;2-6H,1H3;3-7H,1H2,2H3;2*3-4H2,1-2H3/b7-6-,18-13-,19-8-,27-14-;;6-4-,7-5-;;. The molecule has 0 nitrogen and oxygen atoms in total. The van der Waals surface area contributed by atoms with Crippen LogP contribution in [0.3, 0.4) is 0 Å². The highest BCUT2D eigenvalue weighted by Gasteiger charge is 2.21. The van der Waals surface area contributed by atoms with Gasteiger partial charge in [0.25, 0.3) is 0 Å². The molecule has 1 aliphatic rings. The van der Waals surface area contributed by atoms with Crippen molar-refractivity contribution in [2.75, 3.05) is 0 Å². The number of fused-ring (bicyclic) bond motifs is 1. The Bertz CT molecular complexity index is 2610. The molecule has 1 heteroatoms. The maximum Gasteiger partial charge on any atom is 0.0207 e. The number of hydrogen-bond donors (Lipinski definition) is 0. The van der Waals surface area contributed by atoms with Crippen molar-refractivity contribution in [2.45, 2.75) is 86.0 Å². The number of hydrogen-bond acceptors (Lipinski definition) is 1. The molecule has 0 unspecified atom stereocenters. The van der Waals surface area contributed by atoms with Gasteiger partial charge in [0.2, 0.25) is 0 Å². The smallest absolute Gasteiger partial charge is 0.0207 e. The quantitative estimate of drug-likeness (QED) is 0.117. The maximum atomic E-state index is 4.49. The van der Waals surface area contributed by atoms with Crippen LogP contribution in [0.15, 0.2) is 236 Å². The minimum absolute atomic E-state index is 1.03. The predicted molar refractivity (Wildman–Crippen MR) is 306 cm³/mol. The summed E-state index contributed by atoms with van der Waals surface area (Å²) in [4.78, 5) is 1.22. The predicted octanol–water partition coefficient (Wildman–Crippen LogP) is 20.8. The van der Waals surface area contributed by atoms with Gasteiger partial charge in [0.1, 0.15) is 0 Å². The van der Waals surface area contributed by atoms with Crippen molar-refractivity contribution in [3.8, 4) is 44.5 Å². The van der Waals surface area contributed by atoms with Crippen LogP contribution in [0.1, 0.15) is 88.1 Å². The van der Waals surface area contributed by atoms with Gasteiger partial charge in [-0.1, -0.05) is 285 Å². The van der Waals surface area contributed by atoms with E-state index in [2.05, 4.69) is 219 Å². The molecule has 67 heavy (non-hydrogen) atoms. The summed E-state index contributed by atoms with van der Waals surface area (Å²) in [6.45, 7) is 29.0. The van der Waals surface area contributed by atoms with E-state index in [0.717, 1.165) is 5.57 Å². The van der Waals surface area contributed by atoms with Gasteiger partial charge in [-0.05, 0) is 118 Å². The summed E-state index contributed by atoms with van der Waals surface area (Å²) in [6.07, 6.45) is 31.0. The molecular weight excluding hydrogens is 825 g/mol. The number of thioether (sulfide) groups is 1. The van der Waals surface area contributed by atoms with Crippen molar-refractivity contribution in [1.29, 1.82) is 0 Å². The third-order valence-electron chi connectivity index (χ3n) is 10.7. The van der Waals surface area contributed by atoms with Gasteiger partial charge in [0.05, 0.1) is 0 Å². The summed E-state index contributed by atoms with van der Waals surface area (Å²) in [6, 6.07) is 47.6. The van der Waals surface area contributed by atoms with Crippen molar-refractivity contribution in [3.63, 3.8) is 0 Å². The molecule has 0 aliphatic carbocycles. The van der Waals surface area contributed by atoms with E-state index in [1.54, 1.807) is 23.9 Å².